The Morgan fingerprint density at radius 1 is 1.30 bits per heavy atom. The molecule has 0 amide bonds. The van der Waals surface area contributed by atoms with Gasteiger partial charge in [0.25, 0.3) is 0 Å². The van der Waals surface area contributed by atoms with Crippen LogP contribution >= 0.6 is 24.6 Å². The van der Waals surface area contributed by atoms with E-state index in [2.05, 4.69) is 27.9 Å². The number of thiol groups is 1. The number of rotatable bonds is 9. The topological polar surface area (TPSA) is 125 Å². The number of nitrogens with two attached hydrogens (primary N) is 3. The molecule has 1 fully saturated rings. The van der Waals surface area contributed by atoms with Crippen molar-refractivity contribution < 1.29 is 9.13 Å². The third kappa shape index (κ3) is 7.55. The van der Waals surface area contributed by atoms with Crippen molar-refractivity contribution >= 4 is 36.2 Å². The Bertz CT molecular complexity index is 946. The summed E-state index contributed by atoms with van der Waals surface area (Å²) in [5.74, 6) is 1.44. The van der Waals surface area contributed by atoms with Gasteiger partial charge in [0.05, 0.1) is 12.3 Å². The second-order valence-electron chi connectivity index (χ2n) is 7.90. The summed E-state index contributed by atoms with van der Waals surface area (Å²) in [5, 5.41) is 8.34. The van der Waals surface area contributed by atoms with Crippen molar-refractivity contribution in [1.82, 2.24) is 9.97 Å². The Balaban J connectivity index is 0.00000187. The average molecular weight is 493 g/mol. The lowest BCUT2D eigenvalue weighted by Crippen LogP contribution is -2.27. The summed E-state index contributed by atoms with van der Waals surface area (Å²) in [7, 11) is 0. The van der Waals surface area contributed by atoms with Crippen molar-refractivity contribution in [3.8, 4) is 0 Å². The minimum Gasteiger partial charge on any atom is -0.479 e. The highest BCUT2D eigenvalue weighted by atomic mass is 32.2. The number of halogens is 1. The monoisotopic (exact) mass is 492 g/mol. The van der Waals surface area contributed by atoms with Crippen LogP contribution in [-0.2, 0) is 4.74 Å². The molecule has 7 nitrogen and oxygen atoms in total. The van der Waals surface area contributed by atoms with Gasteiger partial charge in [0.15, 0.2) is 5.88 Å². The summed E-state index contributed by atoms with van der Waals surface area (Å²) in [6.45, 7) is 4.67. The van der Waals surface area contributed by atoms with E-state index in [0.29, 0.717) is 40.9 Å². The summed E-state index contributed by atoms with van der Waals surface area (Å²) >= 11 is 4.52. The maximum Gasteiger partial charge on any atom is 0.227 e. The molecule has 7 N–H and O–H groups in total. The van der Waals surface area contributed by atoms with Gasteiger partial charge in [0.1, 0.15) is 5.82 Å². The normalized spacial score (nSPS) is 18.3. The first-order valence-electron chi connectivity index (χ1n) is 10.6. The number of hydrogen-bond donors (Lipinski definition) is 5. The quantitative estimate of drug-likeness (QED) is 0.148. The Morgan fingerprint density at radius 3 is 2.52 bits per heavy atom. The van der Waals surface area contributed by atoms with Crippen LogP contribution in [0.25, 0.3) is 0 Å². The van der Waals surface area contributed by atoms with E-state index in [1.54, 1.807) is 36.9 Å². The van der Waals surface area contributed by atoms with E-state index < -0.39 is 5.82 Å². The first-order chi connectivity index (χ1) is 15.9. The lowest BCUT2D eigenvalue weighted by Gasteiger charge is -2.35. The molecule has 1 heterocycles. The summed E-state index contributed by atoms with van der Waals surface area (Å²) in [4.78, 5) is 9.30. The molecule has 1 aromatic heterocycles. The van der Waals surface area contributed by atoms with Crippen molar-refractivity contribution in [1.29, 1.82) is 0 Å². The van der Waals surface area contributed by atoms with Crippen LogP contribution in [0.5, 0.6) is 0 Å². The minimum atomic E-state index is -0.402. The number of nitrogens with one attached hydrogen (secondary N) is 1. The molecule has 0 radical (unpaired) electrons. The number of anilines is 2. The van der Waals surface area contributed by atoms with Gasteiger partial charge in [-0.3, -0.25) is 5.14 Å². The van der Waals surface area contributed by atoms with E-state index in [1.807, 2.05) is 13.8 Å². The standard InChI is InChI=1S/C22H29FN6OS.CH4S/c1-13(2)18(5-6-24)21(25)30-12-14-7-15(8-14)16-10-27-22(28-11-16)29-20-4-3-17(31-26)9-19(20)23;1-2/h3-6,9-11,13-15H,7-8,12,24-26H2,1-2H3,(H,27,28,29);2H,1H3/b6-5-,21-18-;. The number of ether oxygens (including phenoxy) is 1. The highest BCUT2D eigenvalue weighted by Crippen LogP contribution is 2.41. The molecule has 0 bridgehead atoms. The van der Waals surface area contributed by atoms with Crippen molar-refractivity contribution in [3.05, 3.63) is 65.7 Å². The van der Waals surface area contributed by atoms with Gasteiger partial charge >= 0.3 is 0 Å². The van der Waals surface area contributed by atoms with E-state index in [0.717, 1.165) is 35.9 Å². The van der Waals surface area contributed by atoms with Gasteiger partial charge in [-0.05, 0) is 84.8 Å². The Labute approximate surface area is 205 Å². The number of allylic oxidation sites excluding steroid dienone is 2. The smallest absolute Gasteiger partial charge is 0.227 e. The van der Waals surface area contributed by atoms with Crippen LogP contribution in [0.2, 0.25) is 0 Å². The molecule has 2 aromatic rings. The first kappa shape index (κ1) is 26.8. The predicted octanol–water partition coefficient (Wildman–Crippen LogP) is 4.68. The van der Waals surface area contributed by atoms with Gasteiger partial charge in [-0.2, -0.15) is 12.6 Å². The van der Waals surface area contributed by atoms with Gasteiger partial charge in [-0.1, -0.05) is 13.8 Å². The molecule has 180 valence electrons. The molecule has 10 heteroatoms. The van der Waals surface area contributed by atoms with E-state index in [9.17, 15) is 4.39 Å². The molecule has 3 rings (SSSR count). The maximum absolute atomic E-state index is 14.1. The SMILES string of the molecule is CC(C)C(/C=C\N)=C(/N)OCC1CC(c2cnc(Nc3ccc(SN)cc3F)nc2)C1.CS. The molecule has 1 saturated carbocycles. The highest BCUT2D eigenvalue weighted by Gasteiger charge is 2.31. The average Bonchev–Trinajstić information content (AvgIpc) is 2.79. The largest absolute Gasteiger partial charge is 0.479 e. The predicted molar refractivity (Wildman–Crippen MR) is 137 cm³/mol. The highest BCUT2D eigenvalue weighted by molar-refractivity contribution is 7.97. The third-order valence-electron chi connectivity index (χ3n) is 5.36. The van der Waals surface area contributed by atoms with Crippen molar-refractivity contribution in [2.24, 2.45) is 28.4 Å². The molecule has 1 aliphatic rings. The van der Waals surface area contributed by atoms with Crippen LogP contribution in [0, 0.1) is 17.7 Å². The lowest BCUT2D eigenvalue weighted by molar-refractivity contribution is 0.103. The Hall–Kier alpha value is -2.43. The molecule has 1 aromatic carbocycles. The van der Waals surface area contributed by atoms with Crippen LogP contribution in [0.3, 0.4) is 0 Å². The van der Waals surface area contributed by atoms with Gasteiger partial charge < -0.3 is 21.5 Å². The second kappa shape index (κ2) is 13.3. The minimum absolute atomic E-state index is 0.240. The maximum atomic E-state index is 14.1. The summed E-state index contributed by atoms with van der Waals surface area (Å²) < 4.78 is 19.9. The van der Waals surface area contributed by atoms with Gasteiger partial charge in [0.2, 0.25) is 5.95 Å². The molecular formula is C23H33FN6OS2. The molecule has 1 aliphatic carbocycles. The zero-order valence-corrected chi connectivity index (χ0v) is 20.9. The fraction of sp³-hybridized carbons (Fsp3) is 0.391. The number of aromatic nitrogens is 2. The molecule has 0 atom stereocenters. The first-order valence-corrected chi connectivity index (χ1v) is 12.4. The molecule has 0 spiro atoms. The van der Waals surface area contributed by atoms with E-state index in [1.165, 1.54) is 12.3 Å². The van der Waals surface area contributed by atoms with Crippen LogP contribution in [0.4, 0.5) is 16.0 Å². The van der Waals surface area contributed by atoms with Gasteiger partial charge in [-0.25, -0.2) is 14.4 Å². The van der Waals surface area contributed by atoms with Crippen molar-refractivity contribution in [2.45, 2.75) is 37.5 Å². The van der Waals surface area contributed by atoms with Crippen LogP contribution in [0.1, 0.15) is 38.2 Å². The summed E-state index contributed by atoms with van der Waals surface area (Å²) in [6, 6.07) is 4.72. The van der Waals surface area contributed by atoms with Crippen LogP contribution in [-0.4, -0.2) is 22.8 Å². The summed E-state index contributed by atoms with van der Waals surface area (Å²) in [5.41, 5.74) is 13.8. The molecule has 0 unspecified atom stereocenters. The van der Waals surface area contributed by atoms with Gasteiger partial charge in [0, 0.05) is 22.9 Å². The van der Waals surface area contributed by atoms with E-state index >= 15 is 0 Å². The zero-order valence-electron chi connectivity index (χ0n) is 19.2. The number of benzene rings is 1. The molecule has 0 saturated heterocycles. The van der Waals surface area contributed by atoms with Crippen LogP contribution in [0.15, 0.2) is 59.2 Å². The fourth-order valence-corrected chi connectivity index (χ4v) is 3.82. The lowest BCUT2D eigenvalue weighted by atomic mass is 9.72. The molecule has 0 aliphatic heterocycles. The molecular weight excluding hydrogens is 459 g/mol. The second-order valence-corrected chi connectivity index (χ2v) is 8.61. The number of hydrogen-bond acceptors (Lipinski definition) is 9. The van der Waals surface area contributed by atoms with Gasteiger partial charge in [-0.15, -0.1) is 0 Å². The third-order valence-corrected chi connectivity index (χ3v) is 5.88. The van der Waals surface area contributed by atoms with Crippen LogP contribution < -0.4 is 21.9 Å². The summed E-state index contributed by atoms with van der Waals surface area (Å²) in [6.07, 6.45) is 10.5. The number of nitrogens with zero attached hydrogens (tertiary/aromatic N) is 2. The van der Waals surface area contributed by atoms with E-state index in [-0.39, 0.29) is 5.92 Å². The van der Waals surface area contributed by atoms with E-state index in [4.69, 9.17) is 21.3 Å². The Kier molecular flexibility index (Phi) is 10.8. The zero-order chi connectivity index (χ0) is 24.4. The van der Waals surface area contributed by atoms with Crippen molar-refractivity contribution in [2.75, 3.05) is 18.2 Å². The fourth-order valence-electron chi connectivity index (χ4n) is 3.50. The van der Waals surface area contributed by atoms with Crippen molar-refractivity contribution in [3.63, 3.8) is 0 Å². The molecule has 33 heavy (non-hydrogen) atoms. The Morgan fingerprint density at radius 2 is 1.97 bits per heavy atom.